The van der Waals surface area contributed by atoms with Gasteiger partial charge in [-0.2, -0.15) is 0 Å². The van der Waals surface area contributed by atoms with Crippen LogP contribution in [0, 0.1) is 5.82 Å². The van der Waals surface area contributed by atoms with Crippen LogP contribution in [0.4, 0.5) is 10.1 Å². The summed E-state index contributed by atoms with van der Waals surface area (Å²) in [6.07, 6.45) is 3.74. The Hall–Kier alpha value is -1.13. The molecular weight excluding hydrogens is 253 g/mol. The maximum absolute atomic E-state index is 14.0. The summed E-state index contributed by atoms with van der Waals surface area (Å²) in [4.78, 5) is 4.53. The van der Waals surface area contributed by atoms with Gasteiger partial charge in [-0.05, 0) is 52.5 Å². The van der Waals surface area contributed by atoms with E-state index in [9.17, 15) is 4.39 Å². The molecule has 0 radical (unpaired) electrons. The van der Waals surface area contributed by atoms with Crippen molar-refractivity contribution in [1.29, 1.82) is 0 Å². The Kier molecular flexibility index (Phi) is 4.66. The number of likely N-dealkylation sites (N-methyl/N-ethyl adjacent to an activating group) is 2. The van der Waals surface area contributed by atoms with Gasteiger partial charge >= 0.3 is 0 Å². The quantitative estimate of drug-likeness (QED) is 0.863. The molecule has 0 amide bonds. The molecule has 1 aliphatic rings. The molecule has 1 aliphatic carbocycles. The molecule has 112 valence electrons. The van der Waals surface area contributed by atoms with Gasteiger partial charge in [-0.1, -0.05) is 6.07 Å². The smallest absolute Gasteiger partial charge is 0.129 e. The molecule has 2 rings (SSSR count). The molecule has 0 atom stereocenters. The predicted octanol–water partition coefficient (Wildman–Crippen LogP) is 2.47. The SMILES string of the molecule is CNCc1c(F)cccc1N(C)CC1(N(C)C)CCC1. The van der Waals surface area contributed by atoms with Gasteiger partial charge in [-0.3, -0.25) is 0 Å². The van der Waals surface area contributed by atoms with E-state index in [1.54, 1.807) is 6.07 Å². The van der Waals surface area contributed by atoms with Gasteiger partial charge in [0.25, 0.3) is 0 Å². The van der Waals surface area contributed by atoms with E-state index in [1.165, 1.54) is 25.3 Å². The Morgan fingerprint density at radius 2 is 1.95 bits per heavy atom. The van der Waals surface area contributed by atoms with E-state index in [2.05, 4.69) is 36.3 Å². The number of benzene rings is 1. The van der Waals surface area contributed by atoms with Crippen molar-refractivity contribution in [1.82, 2.24) is 10.2 Å². The third kappa shape index (κ3) is 2.81. The Morgan fingerprint density at radius 1 is 1.25 bits per heavy atom. The standard InChI is InChI=1S/C16H26FN3/c1-18-11-13-14(17)7-5-8-15(13)20(4)12-16(19(2)3)9-6-10-16/h5,7-8,18H,6,9-12H2,1-4H3. The molecule has 0 aliphatic heterocycles. The van der Waals surface area contributed by atoms with E-state index in [0.717, 1.165) is 17.8 Å². The zero-order chi connectivity index (χ0) is 14.8. The molecule has 3 nitrogen and oxygen atoms in total. The second-order valence-corrected chi connectivity index (χ2v) is 6.10. The second-order valence-electron chi connectivity index (χ2n) is 6.10. The molecule has 0 unspecified atom stereocenters. The molecule has 1 N–H and O–H groups in total. The zero-order valence-corrected chi connectivity index (χ0v) is 13.0. The number of hydrogen-bond donors (Lipinski definition) is 1. The van der Waals surface area contributed by atoms with Gasteiger partial charge in [0.2, 0.25) is 0 Å². The normalized spacial score (nSPS) is 17.1. The molecule has 0 heterocycles. The van der Waals surface area contributed by atoms with Crippen LogP contribution in [0.2, 0.25) is 0 Å². The van der Waals surface area contributed by atoms with Gasteiger partial charge in [-0.15, -0.1) is 0 Å². The fourth-order valence-corrected chi connectivity index (χ4v) is 3.11. The van der Waals surface area contributed by atoms with Crippen molar-refractivity contribution >= 4 is 5.69 Å². The summed E-state index contributed by atoms with van der Waals surface area (Å²) >= 11 is 0. The van der Waals surface area contributed by atoms with Crippen LogP contribution in [0.3, 0.4) is 0 Å². The van der Waals surface area contributed by atoms with Crippen molar-refractivity contribution in [3.63, 3.8) is 0 Å². The number of rotatable bonds is 6. The number of nitrogens with one attached hydrogen (secondary N) is 1. The van der Waals surface area contributed by atoms with E-state index in [-0.39, 0.29) is 11.4 Å². The Morgan fingerprint density at radius 3 is 2.45 bits per heavy atom. The highest BCUT2D eigenvalue weighted by molar-refractivity contribution is 5.54. The molecule has 1 aromatic rings. The molecule has 4 heteroatoms. The Labute approximate surface area is 121 Å². The van der Waals surface area contributed by atoms with Gasteiger partial charge in [0.15, 0.2) is 0 Å². The lowest BCUT2D eigenvalue weighted by molar-refractivity contribution is 0.0683. The number of hydrogen-bond acceptors (Lipinski definition) is 3. The van der Waals surface area contributed by atoms with Crippen LogP contribution in [0.15, 0.2) is 18.2 Å². The molecule has 1 aromatic carbocycles. The molecule has 0 bridgehead atoms. The third-order valence-corrected chi connectivity index (χ3v) is 4.62. The summed E-state index contributed by atoms with van der Waals surface area (Å²) in [5, 5.41) is 3.06. The average molecular weight is 279 g/mol. The van der Waals surface area contributed by atoms with Crippen LogP contribution < -0.4 is 10.2 Å². The summed E-state index contributed by atoms with van der Waals surface area (Å²) < 4.78 is 14.0. The van der Waals surface area contributed by atoms with Crippen LogP contribution in [0.1, 0.15) is 24.8 Å². The monoisotopic (exact) mass is 279 g/mol. The van der Waals surface area contributed by atoms with E-state index in [0.29, 0.717) is 6.54 Å². The third-order valence-electron chi connectivity index (χ3n) is 4.62. The fourth-order valence-electron chi connectivity index (χ4n) is 3.11. The highest BCUT2D eigenvalue weighted by Gasteiger charge is 2.40. The Balaban J connectivity index is 2.21. The lowest BCUT2D eigenvalue weighted by Crippen LogP contribution is -2.56. The van der Waals surface area contributed by atoms with Crippen molar-refractivity contribution in [2.24, 2.45) is 0 Å². The summed E-state index contributed by atoms with van der Waals surface area (Å²) in [7, 11) is 8.21. The zero-order valence-electron chi connectivity index (χ0n) is 13.0. The largest absolute Gasteiger partial charge is 0.372 e. The van der Waals surface area contributed by atoms with E-state index >= 15 is 0 Å². The number of halogens is 1. The second kappa shape index (κ2) is 6.10. The molecule has 1 fully saturated rings. The fraction of sp³-hybridized carbons (Fsp3) is 0.625. The van der Waals surface area contributed by atoms with Gasteiger partial charge in [0.05, 0.1) is 0 Å². The first kappa shape index (κ1) is 15.3. The van der Waals surface area contributed by atoms with Crippen molar-refractivity contribution in [2.75, 3.05) is 39.6 Å². The predicted molar refractivity (Wildman–Crippen MR) is 82.7 cm³/mol. The summed E-state index contributed by atoms with van der Waals surface area (Å²) in [6.45, 7) is 1.50. The summed E-state index contributed by atoms with van der Waals surface area (Å²) in [6, 6.07) is 5.34. The van der Waals surface area contributed by atoms with E-state index in [1.807, 2.05) is 13.1 Å². The minimum atomic E-state index is -0.129. The van der Waals surface area contributed by atoms with E-state index < -0.39 is 0 Å². The minimum Gasteiger partial charge on any atom is -0.372 e. The maximum atomic E-state index is 14.0. The van der Waals surface area contributed by atoms with Crippen LogP contribution in [0.5, 0.6) is 0 Å². The molecule has 0 aromatic heterocycles. The molecule has 1 saturated carbocycles. The van der Waals surface area contributed by atoms with Crippen molar-refractivity contribution in [3.05, 3.63) is 29.6 Å². The molecule has 0 spiro atoms. The average Bonchev–Trinajstić information content (AvgIpc) is 2.35. The maximum Gasteiger partial charge on any atom is 0.129 e. The molecule has 0 saturated heterocycles. The first-order chi connectivity index (χ1) is 9.50. The topological polar surface area (TPSA) is 18.5 Å². The summed E-state index contributed by atoms with van der Waals surface area (Å²) in [5.41, 5.74) is 2.00. The van der Waals surface area contributed by atoms with Crippen LogP contribution in [-0.4, -0.2) is 45.2 Å². The van der Waals surface area contributed by atoms with Gasteiger partial charge in [-0.25, -0.2) is 4.39 Å². The van der Waals surface area contributed by atoms with Gasteiger partial charge < -0.3 is 15.1 Å². The lowest BCUT2D eigenvalue weighted by Gasteiger charge is -2.49. The van der Waals surface area contributed by atoms with Crippen molar-refractivity contribution in [2.45, 2.75) is 31.3 Å². The summed E-state index contributed by atoms with van der Waals surface area (Å²) in [5.74, 6) is -0.129. The van der Waals surface area contributed by atoms with Crippen LogP contribution >= 0.6 is 0 Å². The van der Waals surface area contributed by atoms with Crippen molar-refractivity contribution < 1.29 is 4.39 Å². The van der Waals surface area contributed by atoms with Gasteiger partial charge in [0.1, 0.15) is 5.82 Å². The first-order valence-electron chi connectivity index (χ1n) is 7.31. The van der Waals surface area contributed by atoms with E-state index in [4.69, 9.17) is 0 Å². The van der Waals surface area contributed by atoms with Gasteiger partial charge in [0, 0.05) is 36.9 Å². The minimum absolute atomic E-state index is 0.129. The Bertz CT molecular complexity index is 455. The van der Waals surface area contributed by atoms with Crippen LogP contribution in [-0.2, 0) is 6.54 Å². The van der Waals surface area contributed by atoms with Crippen LogP contribution in [0.25, 0.3) is 0 Å². The molecule has 20 heavy (non-hydrogen) atoms. The first-order valence-corrected chi connectivity index (χ1v) is 7.31. The number of nitrogens with zero attached hydrogens (tertiary/aromatic N) is 2. The highest BCUT2D eigenvalue weighted by atomic mass is 19.1. The highest BCUT2D eigenvalue weighted by Crippen LogP contribution is 2.38. The van der Waals surface area contributed by atoms with Crippen molar-refractivity contribution in [3.8, 4) is 0 Å². The lowest BCUT2D eigenvalue weighted by atomic mass is 9.75. The number of anilines is 1. The molecular formula is C16H26FN3.